The smallest absolute Gasteiger partial charge is 0.266 e. The van der Waals surface area contributed by atoms with Crippen molar-refractivity contribution < 1.29 is 9.53 Å². The van der Waals surface area contributed by atoms with Gasteiger partial charge in [-0.1, -0.05) is 41.6 Å². The Bertz CT molecular complexity index is 1360. The number of nitrogens with zero attached hydrogens (tertiary/aromatic N) is 3. The maximum Gasteiger partial charge on any atom is 0.266 e. The first-order valence-corrected chi connectivity index (χ1v) is 11.2. The Labute approximate surface area is 195 Å². The monoisotopic (exact) mass is 458 g/mol. The SMILES string of the molecule is COc1ccc(/C=N\NC(=O)CSc2nc3ccccc3c(=O)n2-c2ccc(C)cc2)cc1. The van der Waals surface area contributed by atoms with Crippen molar-refractivity contribution >= 4 is 34.8 Å². The fourth-order valence-corrected chi connectivity index (χ4v) is 3.97. The number of carbonyl (C=O) groups excluding carboxylic acids is 1. The molecule has 0 aliphatic rings. The van der Waals surface area contributed by atoms with Crippen LogP contribution < -0.4 is 15.7 Å². The molecule has 0 atom stereocenters. The van der Waals surface area contributed by atoms with Crippen LogP contribution in [0, 0.1) is 6.92 Å². The molecule has 1 amide bonds. The van der Waals surface area contributed by atoms with Gasteiger partial charge in [0.2, 0.25) is 0 Å². The number of hydrogen-bond acceptors (Lipinski definition) is 6. The third kappa shape index (κ3) is 5.30. The van der Waals surface area contributed by atoms with Gasteiger partial charge in [-0.25, -0.2) is 10.4 Å². The van der Waals surface area contributed by atoms with Gasteiger partial charge in [-0.15, -0.1) is 0 Å². The fourth-order valence-electron chi connectivity index (χ4n) is 3.16. The molecule has 8 heteroatoms. The summed E-state index contributed by atoms with van der Waals surface area (Å²) in [4.78, 5) is 30.2. The summed E-state index contributed by atoms with van der Waals surface area (Å²) in [7, 11) is 1.60. The average Bonchev–Trinajstić information content (AvgIpc) is 2.84. The van der Waals surface area contributed by atoms with Crippen molar-refractivity contribution in [2.24, 2.45) is 5.10 Å². The van der Waals surface area contributed by atoms with Crippen molar-refractivity contribution in [2.45, 2.75) is 12.1 Å². The Balaban J connectivity index is 1.53. The van der Waals surface area contributed by atoms with Crippen LogP contribution in [0.1, 0.15) is 11.1 Å². The number of hydrazone groups is 1. The second kappa shape index (κ2) is 10.1. The Morgan fingerprint density at radius 1 is 1.09 bits per heavy atom. The third-order valence-corrected chi connectivity index (χ3v) is 5.83. The number of amides is 1. The summed E-state index contributed by atoms with van der Waals surface area (Å²) in [6, 6.07) is 22.1. The van der Waals surface area contributed by atoms with E-state index in [4.69, 9.17) is 4.74 Å². The number of aryl methyl sites for hydroxylation is 1. The molecule has 166 valence electrons. The second-order valence-corrected chi connectivity index (χ2v) is 8.19. The molecule has 0 spiro atoms. The first-order valence-electron chi connectivity index (χ1n) is 10.2. The van der Waals surface area contributed by atoms with E-state index in [1.165, 1.54) is 11.8 Å². The first kappa shape index (κ1) is 22.3. The Hall–Kier alpha value is -3.91. The molecule has 0 aliphatic carbocycles. The molecular weight excluding hydrogens is 436 g/mol. The molecule has 0 fully saturated rings. The molecule has 0 saturated carbocycles. The molecular formula is C25H22N4O3S. The van der Waals surface area contributed by atoms with E-state index in [-0.39, 0.29) is 17.2 Å². The van der Waals surface area contributed by atoms with Crippen molar-refractivity contribution in [3.05, 3.63) is 94.3 Å². The van der Waals surface area contributed by atoms with Gasteiger partial charge in [0.05, 0.1) is 35.7 Å². The standard InChI is InChI=1S/C25H22N4O3S/c1-17-7-11-19(12-8-17)29-24(31)21-5-3-4-6-22(21)27-25(29)33-16-23(30)28-26-15-18-9-13-20(32-2)14-10-18/h3-15H,16H2,1-2H3,(H,28,30)/b26-15-. The average molecular weight is 459 g/mol. The van der Waals surface area contributed by atoms with Gasteiger partial charge in [0, 0.05) is 0 Å². The molecule has 0 aliphatic heterocycles. The molecule has 1 aromatic heterocycles. The number of carbonyl (C=O) groups is 1. The van der Waals surface area contributed by atoms with Gasteiger partial charge < -0.3 is 4.74 Å². The zero-order valence-corrected chi connectivity index (χ0v) is 19.0. The molecule has 33 heavy (non-hydrogen) atoms. The number of thioether (sulfide) groups is 1. The fraction of sp³-hybridized carbons (Fsp3) is 0.120. The summed E-state index contributed by atoms with van der Waals surface area (Å²) in [5.74, 6) is 0.495. The summed E-state index contributed by atoms with van der Waals surface area (Å²) in [5, 5.41) is 4.97. The lowest BCUT2D eigenvalue weighted by molar-refractivity contribution is -0.118. The van der Waals surface area contributed by atoms with Crippen LogP contribution in [-0.2, 0) is 4.79 Å². The number of fused-ring (bicyclic) bond motifs is 1. The van der Waals surface area contributed by atoms with Crippen molar-refractivity contribution in [1.29, 1.82) is 0 Å². The van der Waals surface area contributed by atoms with Crippen LogP contribution in [0.15, 0.2) is 87.8 Å². The van der Waals surface area contributed by atoms with E-state index >= 15 is 0 Å². The highest BCUT2D eigenvalue weighted by atomic mass is 32.2. The maximum atomic E-state index is 13.2. The normalized spacial score (nSPS) is 11.1. The lowest BCUT2D eigenvalue weighted by Gasteiger charge is -2.13. The van der Waals surface area contributed by atoms with Crippen molar-refractivity contribution in [3.8, 4) is 11.4 Å². The number of aromatic nitrogens is 2. The summed E-state index contributed by atoms with van der Waals surface area (Å²) in [6.07, 6.45) is 1.55. The van der Waals surface area contributed by atoms with E-state index in [1.54, 1.807) is 30.0 Å². The lowest BCUT2D eigenvalue weighted by atomic mass is 10.2. The van der Waals surface area contributed by atoms with Gasteiger partial charge >= 0.3 is 0 Å². The first-order chi connectivity index (χ1) is 16.0. The van der Waals surface area contributed by atoms with Crippen LogP contribution in [0.25, 0.3) is 16.6 Å². The molecule has 7 nitrogen and oxygen atoms in total. The molecule has 1 heterocycles. The molecule has 3 aromatic carbocycles. The van der Waals surface area contributed by atoms with Gasteiger partial charge in [0.15, 0.2) is 5.16 Å². The van der Waals surface area contributed by atoms with E-state index in [9.17, 15) is 9.59 Å². The lowest BCUT2D eigenvalue weighted by Crippen LogP contribution is -2.24. The highest BCUT2D eigenvalue weighted by Crippen LogP contribution is 2.21. The van der Waals surface area contributed by atoms with Crippen LogP contribution >= 0.6 is 11.8 Å². The molecule has 0 unspecified atom stereocenters. The van der Waals surface area contributed by atoms with Crippen molar-refractivity contribution in [2.75, 3.05) is 12.9 Å². The number of rotatable bonds is 7. The van der Waals surface area contributed by atoms with Gasteiger partial charge in [-0.3, -0.25) is 14.2 Å². The van der Waals surface area contributed by atoms with E-state index in [0.717, 1.165) is 16.9 Å². The maximum absolute atomic E-state index is 13.2. The number of hydrogen-bond donors (Lipinski definition) is 1. The number of benzene rings is 3. The predicted octanol–water partition coefficient (Wildman–Crippen LogP) is 3.95. The highest BCUT2D eigenvalue weighted by Gasteiger charge is 2.14. The molecule has 1 N–H and O–H groups in total. The Kier molecular flexibility index (Phi) is 6.85. The molecule has 0 bridgehead atoms. The number of ether oxygens (including phenoxy) is 1. The Morgan fingerprint density at radius 3 is 2.55 bits per heavy atom. The van der Waals surface area contributed by atoms with Crippen LogP contribution in [0.5, 0.6) is 5.75 Å². The minimum absolute atomic E-state index is 0.0522. The molecule has 0 saturated heterocycles. The number of nitrogens with one attached hydrogen (secondary N) is 1. The van der Waals surface area contributed by atoms with E-state index < -0.39 is 0 Å². The molecule has 0 radical (unpaired) electrons. The zero-order chi connectivity index (χ0) is 23.2. The summed E-state index contributed by atoms with van der Waals surface area (Å²) < 4.78 is 6.66. The van der Waals surface area contributed by atoms with E-state index in [1.807, 2.05) is 67.6 Å². The van der Waals surface area contributed by atoms with E-state index in [2.05, 4.69) is 15.5 Å². The van der Waals surface area contributed by atoms with Crippen LogP contribution in [0.3, 0.4) is 0 Å². The van der Waals surface area contributed by atoms with Gasteiger partial charge in [0.25, 0.3) is 11.5 Å². The van der Waals surface area contributed by atoms with E-state index in [0.29, 0.717) is 21.7 Å². The van der Waals surface area contributed by atoms with Crippen LogP contribution in [0.2, 0.25) is 0 Å². The predicted molar refractivity (Wildman–Crippen MR) is 132 cm³/mol. The molecule has 4 aromatic rings. The van der Waals surface area contributed by atoms with Crippen molar-refractivity contribution in [3.63, 3.8) is 0 Å². The topological polar surface area (TPSA) is 85.6 Å². The minimum Gasteiger partial charge on any atom is -0.497 e. The minimum atomic E-state index is -0.303. The third-order valence-electron chi connectivity index (χ3n) is 4.89. The quantitative estimate of drug-likeness (QED) is 0.196. The summed E-state index contributed by atoms with van der Waals surface area (Å²) >= 11 is 1.18. The number of para-hydroxylation sites is 1. The highest BCUT2D eigenvalue weighted by molar-refractivity contribution is 7.99. The summed E-state index contributed by atoms with van der Waals surface area (Å²) in [6.45, 7) is 1.98. The molecule has 4 rings (SSSR count). The largest absolute Gasteiger partial charge is 0.497 e. The number of methoxy groups -OCH3 is 1. The Morgan fingerprint density at radius 2 is 1.82 bits per heavy atom. The summed E-state index contributed by atoms with van der Waals surface area (Å²) in [5.41, 5.74) is 5.54. The zero-order valence-electron chi connectivity index (χ0n) is 18.2. The van der Waals surface area contributed by atoms with Gasteiger partial charge in [0.1, 0.15) is 5.75 Å². The van der Waals surface area contributed by atoms with Crippen LogP contribution in [0.4, 0.5) is 0 Å². The van der Waals surface area contributed by atoms with Gasteiger partial charge in [-0.05, 0) is 61.0 Å². The van der Waals surface area contributed by atoms with Crippen LogP contribution in [-0.4, -0.2) is 34.5 Å². The van der Waals surface area contributed by atoms with Crippen molar-refractivity contribution in [1.82, 2.24) is 15.0 Å². The second-order valence-electron chi connectivity index (χ2n) is 7.24. The van der Waals surface area contributed by atoms with Gasteiger partial charge in [-0.2, -0.15) is 5.10 Å².